The van der Waals surface area contributed by atoms with Gasteiger partial charge < -0.3 is 19.4 Å². The van der Waals surface area contributed by atoms with Gasteiger partial charge in [-0.2, -0.15) is 13.2 Å². The fourth-order valence-corrected chi connectivity index (χ4v) is 3.01. The van der Waals surface area contributed by atoms with Crippen molar-refractivity contribution in [2.45, 2.75) is 19.6 Å². The number of hydrogen-bond donors (Lipinski definition) is 1. The Bertz CT molecular complexity index is 1130. The van der Waals surface area contributed by atoms with Gasteiger partial charge in [0.05, 0.1) is 17.6 Å². The van der Waals surface area contributed by atoms with E-state index in [0.29, 0.717) is 36.3 Å². The molecule has 2 aromatic carbocycles. The van der Waals surface area contributed by atoms with Crippen LogP contribution in [-0.4, -0.2) is 30.3 Å². The number of benzene rings is 2. The number of rotatable bonds is 8. The Labute approximate surface area is 176 Å². The maximum Gasteiger partial charge on any atom is 0.416 e. The second kappa shape index (κ2) is 9.65. The van der Waals surface area contributed by atoms with Crippen LogP contribution >= 0.6 is 0 Å². The molecule has 0 fully saturated rings. The number of hydrogen-bond acceptors (Lipinski definition) is 4. The highest BCUT2D eigenvalue weighted by molar-refractivity contribution is 5.93. The van der Waals surface area contributed by atoms with Crippen LogP contribution < -0.4 is 15.6 Å². The van der Waals surface area contributed by atoms with E-state index < -0.39 is 24.3 Å². The molecule has 0 aliphatic rings. The van der Waals surface area contributed by atoms with Crippen LogP contribution in [0.1, 0.15) is 12.5 Å². The van der Waals surface area contributed by atoms with Gasteiger partial charge in [-0.05, 0) is 43.3 Å². The van der Waals surface area contributed by atoms with Crippen LogP contribution in [-0.2, 0) is 22.3 Å². The molecule has 0 saturated heterocycles. The maximum absolute atomic E-state index is 12.8. The predicted octanol–water partition coefficient (Wildman–Crippen LogP) is 4.07. The number of carbonyl (C=O) groups excluding carboxylic acids is 1. The molecule has 0 aliphatic heterocycles. The monoisotopic (exact) mass is 434 g/mol. The Balaban J connectivity index is 1.70. The molecule has 1 heterocycles. The van der Waals surface area contributed by atoms with Crippen molar-refractivity contribution in [2.24, 2.45) is 0 Å². The number of anilines is 1. The van der Waals surface area contributed by atoms with Crippen LogP contribution in [0, 0.1) is 0 Å². The minimum atomic E-state index is -4.50. The summed E-state index contributed by atoms with van der Waals surface area (Å²) in [6, 6.07) is 11.0. The minimum absolute atomic E-state index is 0.0125. The van der Waals surface area contributed by atoms with Crippen molar-refractivity contribution in [3.8, 4) is 5.75 Å². The van der Waals surface area contributed by atoms with Crippen molar-refractivity contribution in [3.63, 3.8) is 0 Å². The number of halogens is 3. The van der Waals surface area contributed by atoms with E-state index in [4.69, 9.17) is 9.47 Å². The van der Waals surface area contributed by atoms with Crippen LogP contribution in [0.3, 0.4) is 0 Å². The molecule has 1 amide bonds. The van der Waals surface area contributed by atoms with E-state index in [0.717, 1.165) is 12.1 Å². The van der Waals surface area contributed by atoms with Gasteiger partial charge in [0.1, 0.15) is 5.75 Å². The van der Waals surface area contributed by atoms with Gasteiger partial charge in [-0.3, -0.25) is 9.59 Å². The Morgan fingerprint density at radius 1 is 1.10 bits per heavy atom. The first-order valence-electron chi connectivity index (χ1n) is 9.59. The van der Waals surface area contributed by atoms with Crippen LogP contribution in [0.2, 0.25) is 0 Å². The van der Waals surface area contributed by atoms with Gasteiger partial charge in [0, 0.05) is 30.4 Å². The summed E-state index contributed by atoms with van der Waals surface area (Å²) in [6.07, 6.45) is -2.88. The number of aromatic nitrogens is 1. The zero-order valence-corrected chi connectivity index (χ0v) is 16.7. The number of ether oxygens (including phenoxy) is 2. The zero-order valence-electron chi connectivity index (χ0n) is 16.7. The van der Waals surface area contributed by atoms with Crippen molar-refractivity contribution in [3.05, 3.63) is 70.6 Å². The number of nitrogens with one attached hydrogen (secondary N) is 1. The number of nitrogens with zero attached hydrogens (tertiary/aromatic N) is 1. The topological polar surface area (TPSA) is 69.6 Å². The number of carbonyl (C=O) groups is 1. The quantitative estimate of drug-likeness (QED) is 0.543. The van der Waals surface area contributed by atoms with E-state index in [9.17, 15) is 22.8 Å². The molecular weight excluding hydrogens is 413 g/mol. The fraction of sp³-hybridized carbons (Fsp3) is 0.273. The Morgan fingerprint density at radius 3 is 2.61 bits per heavy atom. The summed E-state index contributed by atoms with van der Waals surface area (Å²) in [5.41, 5.74) is -1.06. The molecule has 0 saturated carbocycles. The number of amides is 1. The van der Waals surface area contributed by atoms with Crippen LogP contribution in [0.5, 0.6) is 5.75 Å². The standard InChI is InChI=1S/C22H21F3N2O4/c1-2-30-12-11-27-10-9-17-18(21(27)29)7-4-8-19(17)31-14-20(28)26-16-6-3-5-15(13-16)22(23,24)25/h3-10,13H,2,11-12,14H2,1H3,(H,26,28). The number of alkyl halides is 3. The van der Waals surface area contributed by atoms with Gasteiger partial charge in [-0.25, -0.2) is 0 Å². The maximum atomic E-state index is 12.8. The molecule has 1 N–H and O–H groups in total. The molecule has 0 unspecified atom stereocenters. The second-order valence-corrected chi connectivity index (χ2v) is 6.64. The molecule has 0 bridgehead atoms. The summed E-state index contributed by atoms with van der Waals surface area (Å²) < 4.78 is 50.7. The smallest absolute Gasteiger partial charge is 0.416 e. The lowest BCUT2D eigenvalue weighted by Crippen LogP contribution is -2.23. The lowest BCUT2D eigenvalue weighted by atomic mass is 10.1. The first-order chi connectivity index (χ1) is 14.8. The third kappa shape index (κ3) is 5.64. The van der Waals surface area contributed by atoms with Gasteiger partial charge >= 0.3 is 6.18 Å². The lowest BCUT2D eigenvalue weighted by molar-refractivity contribution is -0.137. The third-order valence-electron chi connectivity index (χ3n) is 4.49. The van der Waals surface area contributed by atoms with E-state index in [-0.39, 0.29) is 11.2 Å². The molecule has 0 radical (unpaired) electrons. The zero-order chi connectivity index (χ0) is 22.4. The molecule has 31 heavy (non-hydrogen) atoms. The van der Waals surface area contributed by atoms with Crippen molar-refractivity contribution in [2.75, 3.05) is 25.1 Å². The van der Waals surface area contributed by atoms with Gasteiger partial charge in [0.25, 0.3) is 11.5 Å². The molecule has 3 aromatic rings. The third-order valence-corrected chi connectivity index (χ3v) is 4.49. The van der Waals surface area contributed by atoms with Crippen LogP contribution in [0.4, 0.5) is 18.9 Å². The highest BCUT2D eigenvalue weighted by atomic mass is 19.4. The first kappa shape index (κ1) is 22.4. The largest absolute Gasteiger partial charge is 0.483 e. The van der Waals surface area contributed by atoms with E-state index in [1.54, 1.807) is 30.5 Å². The molecule has 0 spiro atoms. The van der Waals surface area contributed by atoms with Gasteiger partial charge in [-0.1, -0.05) is 12.1 Å². The fourth-order valence-electron chi connectivity index (χ4n) is 3.01. The molecule has 164 valence electrons. The van der Waals surface area contributed by atoms with E-state index >= 15 is 0 Å². The summed E-state index contributed by atoms with van der Waals surface area (Å²) in [6.45, 7) is 2.82. The summed E-state index contributed by atoms with van der Waals surface area (Å²) in [5.74, 6) is -0.299. The van der Waals surface area contributed by atoms with Crippen LogP contribution in [0.15, 0.2) is 59.5 Å². The average Bonchev–Trinajstić information content (AvgIpc) is 2.73. The molecule has 6 nitrogen and oxygen atoms in total. The molecule has 0 aliphatic carbocycles. The second-order valence-electron chi connectivity index (χ2n) is 6.64. The lowest BCUT2D eigenvalue weighted by Gasteiger charge is -2.12. The number of pyridine rings is 1. The van der Waals surface area contributed by atoms with Gasteiger partial charge in [0.15, 0.2) is 6.61 Å². The van der Waals surface area contributed by atoms with Crippen LogP contribution in [0.25, 0.3) is 10.8 Å². The van der Waals surface area contributed by atoms with E-state index in [2.05, 4.69) is 5.32 Å². The predicted molar refractivity (Wildman–Crippen MR) is 110 cm³/mol. The summed E-state index contributed by atoms with van der Waals surface area (Å²) in [5, 5.41) is 3.34. The summed E-state index contributed by atoms with van der Waals surface area (Å²) >= 11 is 0. The summed E-state index contributed by atoms with van der Waals surface area (Å²) in [7, 11) is 0. The van der Waals surface area contributed by atoms with E-state index in [1.807, 2.05) is 6.92 Å². The highest BCUT2D eigenvalue weighted by Gasteiger charge is 2.30. The normalized spacial score (nSPS) is 11.5. The Kier molecular flexibility index (Phi) is 6.96. The molecule has 0 atom stereocenters. The first-order valence-corrected chi connectivity index (χ1v) is 9.59. The summed E-state index contributed by atoms with van der Waals surface area (Å²) in [4.78, 5) is 24.8. The van der Waals surface area contributed by atoms with Gasteiger partial charge in [0.2, 0.25) is 0 Å². The van der Waals surface area contributed by atoms with Crippen molar-refractivity contribution in [1.29, 1.82) is 0 Å². The average molecular weight is 434 g/mol. The Hall–Kier alpha value is -3.33. The molecule has 3 rings (SSSR count). The molecule has 9 heteroatoms. The molecular formula is C22H21F3N2O4. The molecule has 1 aromatic heterocycles. The Morgan fingerprint density at radius 2 is 1.87 bits per heavy atom. The van der Waals surface area contributed by atoms with Crippen molar-refractivity contribution in [1.82, 2.24) is 4.57 Å². The minimum Gasteiger partial charge on any atom is -0.483 e. The van der Waals surface area contributed by atoms with E-state index in [1.165, 1.54) is 16.7 Å². The number of fused-ring (bicyclic) bond motifs is 1. The van der Waals surface area contributed by atoms with Crippen molar-refractivity contribution >= 4 is 22.4 Å². The SMILES string of the molecule is CCOCCn1ccc2c(OCC(=O)Nc3cccc(C(F)(F)F)c3)cccc2c1=O. The van der Waals surface area contributed by atoms with Gasteiger partial charge in [-0.15, -0.1) is 0 Å². The van der Waals surface area contributed by atoms with Crippen molar-refractivity contribution < 1.29 is 27.4 Å². The highest BCUT2D eigenvalue weighted by Crippen LogP contribution is 2.30.